The lowest BCUT2D eigenvalue weighted by Gasteiger charge is -2.32. The van der Waals surface area contributed by atoms with Crippen molar-refractivity contribution in [3.8, 4) is 6.07 Å². The Labute approximate surface area is 163 Å². The van der Waals surface area contributed by atoms with E-state index in [2.05, 4.69) is 11.4 Å². The lowest BCUT2D eigenvalue weighted by molar-refractivity contribution is -0.130. The van der Waals surface area contributed by atoms with Gasteiger partial charge in [-0.1, -0.05) is 37.5 Å². The van der Waals surface area contributed by atoms with Crippen molar-refractivity contribution < 1.29 is 23.5 Å². The minimum atomic E-state index is -1.05. The molecule has 0 unspecified atom stereocenters. The first-order valence-electron chi connectivity index (χ1n) is 9.43. The highest BCUT2D eigenvalue weighted by Crippen LogP contribution is 2.29. The van der Waals surface area contributed by atoms with E-state index in [0.29, 0.717) is 24.0 Å². The van der Waals surface area contributed by atoms with Crippen molar-refractivity contribution in [1.29, 1.82) is 5.26 Å². The molecule has 28 heavy (non-hydrogen) atoms. The summed E-state index contributed by atoms with van der Waals surface area (Å²) in [7, 11) is 1.53. The number of amides is 1. The Bertz CT molecular complexity index is 905. The summed E-state index contributed by atoms with van der Waals surface area (Å²) in [6.45, 7) is 1.67. The first kappa shape index (κ1) is 19.9. The number of carbonyl (C=O) groups excluding carboxylic acids is 2. The number of benzene rings is 1. The maximum Gasteiger partial charge on any atom is 0.375 e. The van der Waals surface area contributed by atoms with Crippen LogP contribution in [0.5, 0.6) is 0 Å². The van der Waals surface area contributed by atoms with Crippen molar-refractivity contribution in [1.82, 2.24) is 5.32 Å². The number of nitriles is 1. The minimum Gasteiger partial charge on any atom is -0.449 e. The molecule has 7 nitrogen and oxygen atoms in total. The molecular weight excluding hydrogens is 360 g/mol. The van der Waals surface area contributed by atoms with E-state index in [4.69, 9.17) is 13.9 Å². The lowest BCUT2D eigenvalue weighted by Crippen LogP contribution is -2.52. The topological polar surface area (TPSA) is 102 Å². The third kappa shape index (κ3) is 4.02. The number of hydrogen-bond acceptors (Lipinski definition) is 6. The van der Waals surface area contributed by atoms with Crippen molar-refractivity contribution in [3.05, 3.63) is 35.6 Å². The van der Waals surface area contributed by atoms with Crippen LogP contribution in [0, 0.1) is 11.3 Å². The average Bonchev–Trinajstić information content (AvgIpc) is 3.08. The molecule has 0 radical (unpaired) electrons. The number of rotatable bonds is 6. The molecule has 148 valence electrons. The highest BCUT2D eigenvalue weighted by atomic mass is 16.6. The van der Waals surface area contributed by atoms with Gasteiger partial charge in [-0.2, -0.15) is 5.26 Å². The Kier molecular flexibility index (Phi) is 6.00. The summed E-state index contributed by atoms with van der Waals surface area (Å²) >= 11 is 0. The number of nitrogens with one attached hydrogen (secondary N) is 1. The van der Waals surface area contributed by atoms with Crippen LogP contribution in [-0.2, 0) is 20.9 Å². The smallest absolute Gasteiger partial charge is 0.375 e. The number of fused-ring (bicyclic) bond motifs is 1. The van der Waals surface area contributed by atoms with Gasteiger partial charge >= 0.3 is 5.97 Å². The molecule has 1 aliphatic carbocycles. The molecule has 3 rings (SSSR count). The maximum absolute atomic E-state index is 12.6. The summed E-state index contributed by atoms with van der Waals surface area (Å²) in [5.74, 6) is -1.20. The molecule has 0 saturated heterocycles. The van der Waals surface area contributed by atoms with Gasteiger partial charge in [0.1, 0.15) is 11.1 Å². The number of furan rings is 1. The molecule has 1 saturated carbocycles. The molecule has 7 heteroatoms. The standard InChI is InChI=1S/C21H24N2O5/c1-14(19(24)23-21(13-22)10-6-3-7-11-21)27-20(25)18-16(12-26-2)15-8-4-5-9-17(15)28-18/h4-5,8-9,14H,3,6-7,10-12H2,1-2H3,(H,23,24)/t14-/m0/s1. The zero-order chi connectivity index (χ0) is 20.1. The molecule has 1 aromatic heterocycles. The van der Waals surface area contributed by atoms with Crippen LogP contribution in [0.2, 0.25) is 0 Å². The Morgan fingerprint density at radius 2 is 2.00 bits per heavy atom. The second-order valence-electron chi connectivity index (χ2n) is 7.13. The molecule has 2 aromatic rings. The lowest BCUT2D eigenvalue weighted by atomic mass is 9.83. The van der Waals surface area contributed by atoms with Crippen LogP contribution in [0.25, 0.3) is 11.0 Å². The number of para-hydroxylation sites is 1. The molecule has 1 aromatic carbocycles. The van der Waals surface area contributed by atoms with Gasteiger partial charge in [0.2, 0.25) is 5.76 Å². The zero-order valence-corrected chi connectivity index (χ0v) is 16.1. The van der Waals surface area contributed by atoms with Crippen molar-refractivity contribution in [2.75, 3.05) is 7.11 Å². The molecule has 1 atom stereocenters. The first-order valence-corrected chi connectivity index (χ1v) is 9.43. The second kappa shape index (κ2) is 8.44. The molecule has 1 N–H and O–H groups in total. The minimum absolute atomic E-state index is 0.0235. The first-order chi connectivity index (χ1) is 13.5. The van der Waals surface area contributed by atoms with E-state index < -0.39 is 23.5 Å². The fourth-order valence-electron chi connectivity index (χ4n) is 3.58. The Morgan fingerprint density at radius 1 is 1.29 bits per heavy atom. The monoisotopic (exact) mass is 384 g/mol. The van der Waals surface area contributed by atoms with Gasteiger partial charge < -0.3 is 19.2 Å². The van der Waals surface area contributed by atoms with E-state index >= 15 is 0 Å². The highest BCUT2D eigenvalue weighted by Gasteiger charge is 2.36. The molecule has 0 bridgehead atoms. The van der Waals surface area contributed by atoms with Crippen LogP contribution in [0.15, 0.2) is 28.7 Å². The van der Waals surface area contributed by atoms with Crippen LogP contribution in [0.4, 0.5) is 0 Å². The molecule has 0 spiro atoms. The van der Waals surface area contributed by atoms with E-state index in [1.165, 1.54) is 14.0 Å². The van der Waals surface area contributed by atoms with Gasteiger partial charge in [0, 0.05) is 18.1 Å². The number of methoxy groups -OCH3 is 1. The van der Waals surface area contributed by atoms with Gasteiger partial charge in [0.25, 0.3) is 5.91 Å². The van der Waals surface area contributed by atoms with E-state index in [0.717, 1.165) is 24.6 Å². The van der Waals surface area contributed by atoms with Gasteiger partial charge in [-0.25, -0.2) is 4.79 Å². The van der Waals surface area contributed by atoms with E-state index in [1.807, 2.05) is 12.1 Å². The summed E-state index contributed by atoms with van der Waals surface area (Å²) in [4.78, 5) is 25.2. The van der Waals surface area contributed by atoms with Crippen molar-refractivity contribution >= 4 is 22.8 Å². The fraction of sp³-hybridized carbons (Fsp3) is 0.476. The largest absolute Gasteiger partial charge is 0.449 e. The third-order valence-corrected chi connectivity index (χ3v) is 5.11. The van der Waals surface area contributed by atoms with Gasteiger partial charge in [0.05, 0.1) is 12.7 Å². The van der Waals surface area contributed by atoms with Crippen LogP contribution < -0.4 is 5.32 Å². The molecular formula is C21H24N2O5. The summed E-state index contributed by atoms with van der Waals surface area (Å²) < 4.78 is 16.2. The number of ether oxygens (including phenoxy) is 2. The predicted octanol–water partition coefficient (Wildman–Crippen LogP) is 3.47. The van der Waals surface area contributed by atoms with Crippen LogP contribution in [-0.4, -0.2) is 30.6 Å². The molecule has 1 aliphatic rings. The molecule has 1 heterocycles. The summed E-state index contributed by atoms with van der Waals surface area (Å²) in [6.07, 6.45) is 3.00. The van der Waals surface area contributed by atoms with Gasteiger partial charge in [-0.3, -0.25) is 4.79 Å². The van der Waals surface area contributed by atoms with Crippen molar-refractivity contribution in [2.24, 2.45) is 0 Å². The van der Waals surface area contributed by atoms with Crippen LogP contribution >= 0.6 is 0 Å². The van der Waals surface area contributed by atoms with Gasteiger partial charge in [0.15, 0.2) is 6.10 Å². The van der Waals surface area contributed by atoms with E-state index in [1.54, 1.807) is 12.1 Å². The number of nitrogens with zero attached hydrogens (tertiary/aromatic N) is 1. The Morgan fingerprint density at radius 3 is 2.68 bits per heavy atom. The Hall–Kier alpha value is -2.85. The third-order valence-electron chi connectivity index (χ3n) is 5.11. The van der Waals surface area contributed by atoms with E-state index in [9.17, 15) is 14.9 Å². The number of hydrogen-bond donors (Lipinski definition) is 1. The summed E-state index contributed by atoms with van der Waals surface area (Å²) in [5.41, 5.74) is 0.247. The summed E-state index contributed by atoms with van der Waals surface area (Å²) in [5, 5.41) is 13.0. The SMILES string of the molecule is COCc1c(C(=O)O[C@@H](C)C(=O)NC2(C#N)CCCCC2)oc2ccccc12. The highest BCUT2D eigenvalue weighted by molar-refractivity contribution is 5.97. The van der Waals surface area contributed by atoms with E-state index in [-0.39, 0.29) is 12.4 Å². The number of esters is 1. The van der Waals surface area contributed by atoms with Gasteiger partial charge in [-0.05, 0) is 25.8 Å². The second-order valence-corrected chi connectivity index (χ2v) is 7.13. The molecule has 1 amide bonds. The maximum atomic E-state index is 12.6. The fourth-order valence-corrected chi connectivity index (χ4v) is 3.58. The quantitative estimate of drug-likeness (QED) is 0.765. The van der Waals surface area contributed by atoms with Crippen molar-refractivity contribution in [2.45, 2.75) is 57.3 Å². The van der Waals surface area contributed by atoms with Crippen LogP contribution in [0.3, 0.4) is 0 Å². The van der Waals surface area contributed by atoms with Gasteiger partial charge in [-0.15, -0.1) is 0 Å². The predicted molar refractivity (Wildman–Crippen MR) is 101 cm³/mol. The average molecular weight is 384 g/mol. The number of carbonyl (C=O) groups is 2. The van der Waals surface area contributed by atoms with Crippen molar-refractivity contribution in [3.63, 3.8) is 0 Å². The normalized spacial score (nSPS) is 16.9. The van der Waals surface area contributed by atoms with Crippen LogP contribution in [0.1, 0.15) is 55.1 Å². The molecule has 0 aliphatic heterocycles. The zero-order valence-electron chi connectivity index (χ0n) is 16.1. The summed E-state index contributed by atoms with van der Waals surface area (Å²) in [6, 6.07) is 9.45. The Balaban J connectivity index is 1.73. The molecule has 1 fully saturated rings.